The van der Waals surface area contributed by atoms with Crippen LogP contribution < -0.4 is 15.4 Å². The van der Waals surface area contributed by atoms with Crippen molar-refractivity contribution < 1.29 is 14.3 Å². The molecule has 32 heavy (non-hydrogen) atoms. The van der Waals surface area contributed by atoms with E-state index in [2.05, 4.69) is 31.0 Å². The molecule has 9 nitrogen and oxygen atoms in total. The molecule has 0 saturated heterocycles. The summed E-state index contributed by atoms with van der Waals surface area (Å²) in [6.45, 7) is 0. The highest BCUT2D eigenvalue weighted by Gasteiger charge is 2.25. The lowest BCUT2D eigenvalue weighted by Gasteiger charge is -2.28. The van der Waals surface area contributed by atoms with Gasteiger partial charge in [-0.2, -0.15) is 10.2 Å². The van der Waals surface area contributed by atoms with Gasteiger partial charge in [0.2, 0.25) is 10.3 Å². The first-order chi connectivity index (χ1) is 15.7. The van der Waals surface area contributed by atoms with Gasteiger partial charge in [0, 0.05) is 25.3 Å². The van der Waals surface area contributed by atoms with Crippen LogP contribution in [0.2, 0.25) is 0 Å². The van der Waals surface area contributed by atoms with Crippen molar-refractivity contribution in [2.45, 2.75) is 43.7 Å². The molecule has 1 atom stereocenters. The van der Waals surface area contributed by atoms with E-state index in [0.717, 1.165) is 31.4 Å². The first-order valence-electron chi connectivity index (χ1n) is 10.5. The van der Waals surface area contributed by atoms with E-state index in [1.54, 1.807) is 19.4 Å². The molecule has 0 aliphatic heterocycles. The van der Waals surface area contributed by atoms with Gasteiger partial charge in [-0.15, -0.1) is 10.2 Å². The third-order valence-electron chi connectivity index (χ3n) is 5.59. The number of rotatable bonds is 8. The second-order valence-corrected chi connectivity index (χ2v) is 8.61. The number of nitrogens with zero attached hydrogens (tertiary/aromatic N) is 4. The van der Waals surface area contributed by atoms with Gasteiger partial charge in [0.05, 0.1) is 12.8 Å². The number of anilines is 2. The van der Waals surface area contributed by atoms with Crippen molar-refractivity contribution in [3.63, 3.8) is 0 Å². The molecule has 4 rings (SSSR count). The zero-order valence-electron chi connectivity index (χ0n) is 18.0. The molecule has 0 spiro atoms. The number of methoxy groups -OCH3 is 2. The minimum Gasteiger partial charge on any atom is -0.497 e. The van der Waals surface area contributed by atoms with Gasteiger partial charge in [-0.3, -0.25) is 10.1 Å². The van der Waals surface area contributed by atoms with E-state index in [9.17, 15) is 4.79 Å². The normalized spacial score (nSPS) is 19.2. The lowest BCUT2D eigenvalue weighted by Crippen LogP contribution is -2.25. The van der Waals surface area contributed by atoms with Gasteiger partial charge in [0.25, 0.3) is 5.91 Å². The second-order valence-electron chi connectivity index (χ2n) is 7.64. The van der Waals surface area contributed by atoms with Gasteiger partial charge >= 0.3 is 0 Å². The Balaban J connectivity index is 1.31. The van der Waals surface area contributed by atoms with Crippen LogP contribution in [0.1, 0.15) is 49.0 Å². The van der Waals surface area contributed by atoms with Gasteiger partial charge in [-0.25, -0.2) is 0 Å². The smallest absolute Gasteiger partial charge is 0.259 e. The van der Waals surface area contributed by atoms with Crippen LogP contribution in [0.3, 0.4) is 0 Å². The molecule has 1 aliphatic carbocycles. The van der Waals surface area contributed by atoms with E-state index in [1.807, 2.05) is 30.3 Å². The molecule has 0 unspecified atom stereocenters. The van der Waals surface area contributed by atoms with E-state index in [-0.39, 0.29) is 5.91 Å². The fraction of sp³-hybridized carbons (Fsp3) is 0.409. The minimum absolute atomic E-state index is 0.312. The highest BCUT2D eigenvalue weighted by Crippen LogP contribution is 2.33. The quantitative estimate of drug-likeness (QED) is 0.529. The number of benzene rings is 1. The van der Waals surface area contributed by atoms with Crippen LogP contribution in [-0.4, -0.2) is 46.6 Å². The van der Waals surface area contributed by atoms with E-state index in [0.29, 0.717) is 33.5 Å². The van der Waals surface area contributed by atoms with Crippen LogP contribution in [-0.2, 0) is 9.53 Å². The maximum Gasteiger partial charge on any atom is 0.259 e. The molecule has 2 aromatic heterocycles. The van der Waals surface area contributed by atoms with Crippen molar-refractivity contribution in [2.24, 2.45) is 0 Å². The van der Waals surface area contributed by atoms with Crippen LogP contribution in [0.5, 0.6) is 5.75 Å². The third kappa shape index (κ3) is 5.38. The number of hydrogen-bond acceptors (Lipinski definition) is 9. The summed E-state index contributed by atoms with van der Waals surface area (Å²) in [6.07, 6.45) is 5.06. The fourth-order valence-electron chi connectivity index (χ4n) is 3.94. The largest absolute Gasteiger partial charge is 0.497 e. The van der Waals surface area contributed by atoms with Gasteiger partial charge in [0.15, 0.2) is 6.10 Å². The van der Waals surface area contributed by atoms with Crippen LogP contribution >= 0.6 is 11.3 Å². The minimum atomic E-state index is -0.776. The number of carbonyl (C=O) groups excluding carboxylic acids is 1. The average Bonchev–Trinajstić information content (AvgIpc) is 3.27. The molecular weight excluding hydrogens is 428 g/mol. The Morgan fingerprint density at radius 3 is 2.59 bits per heavy atom. The standard InChI is InChI=1S/C22H26N6O3S/c1-30-17-6-3-5-15(13-17)19(31-2)20(29)25-22-28-27-21(32-22)24-16-10-8-14(9-11-16)18-7-4-12-23-26-18/h3-7,12-14,16,19H,8-11H2,1-2H3,(H,24,27)(H,25,28,29)/t14-,16+,19-/m1/s1. The molecule has 168 valence electrons. The Morgan fingerprint density at radius 1 is 1.06 bits per heavy atom. The van der Waals surface area contributed by atoms with Gasteiger partial charge in [0.1, 0.15) is 5.75 Å². The number of nitrogens with one attached hydrogen (secondary N) is 2. The van der Waals surface area contributed by atoms with E-state index in [4.69, 9.17) is 9.47 Å². The van der Waals surface area contributed by atoms with Crippen LogP contribution in [0.4, 0.5) is 10.3 Å². The van der Waals surface area contributed by atoms with Crippen molar-refractivity contribution in [1.29, 1.82) is 0 Å². The number of carbonyl (C=O) groups is 1. The molecule has 10 heteroatoms. The van der Waals surface area contributed by atoms with Crippen molar-refractivity contribution in [3.05, 3.63) is 53.9 Å². The molecule has 1 aliphatic rings. The molecule has 2 heterocycles. The summed E-state index contributed by atoms with van der Waals surface area (Å²) >= 11 is 1.31. The molecule has 0 bridgehead atoms. The van der Waals surface area contributed by atoms with Crippen molar-refractivity contribution in [1.82, 2.24) is 20.4 Å². The number of hydrogen-bond donors (Lipinski definition) is 2. The van der Waals surface area contributed by atoms with Crippen LogP contribution in [0.25, 0.3) is 0 Å². The highest BCUT2D eigenvalue weighted by atomic mass is 32.1. The number of aromatic nitrogens is 4. The van der Waals surface area contributed by atoms with Gasteiger partial charge in [-0.05, 0) is 55.5 Å². The summed E-state index contributed by atoms with van der Waals surface area (Å²) < 4.78 is 10.6. The maximum absolute atomic E-state index is 12.7. The lowest BCUT2D eigenvalue weighted by atomic mass is 9.84. The summed E-state index contributed by atoms with van der Waals surface area (Å²) in [5, 5.41) is 23.9. The molecule has 1 aromatic carbocycles. The summed E-state index contributed by atoms with van der Waals surface area (Å²) in [4.78, 5) is 12.7. The molecule has 2 N–H and O–H groups in total. The summed E-state index contributed by atoms with van der Waals surface area (Å²) in [7, 11) is 3.08. The third-order valence-corrected chi connectivity index (χ3v) is 6.36. The monoisotopic (exact) mass is 454 g/mol. The maximum atomic E-state index is 12.7. The topological polar surface area (TPSA) is 111 Å². The molecule has 3 aromatic rings. The zero-order chi connectivity index (χ0) is 22.3. The first kappa shape index (κ1) is 22.1. The molecule has 1 amide bonds. The predicted octanol–water partition coefficient (Wildman–Crippen LogP) is 3.80. The molecule has 1 saturated carbocycles. The number of ether oxygens (including phenoxy) is 2. The van der Waals surface area contributed by atoms with E-state index >= 15 is 0 Å². The lowest BCUT2D eigenvalue weighted by molar-refractivity contribution is -0.126. The summed E-state index contributed by atoms with van der Waals surface area (Å²) in [5.74, 6) is 0.801. The Hall–Kier alpha value is -3.11. The zero-order valence-corrected chi connectivity index (χ0v) is 18.8. The summed E-state index contributed by atoms with van der Waals surface area (Å²) in [5.41, 5.74) is 1.77. The van der Waals surface area contributed by atoms with Crippen molar-refractivity contribution in [2.75, 3.05) is 24.9 Å². The van der Waals surface area contributed by atoms with E-state index in [1.165, 1.54) is 18.4 Å². The van der Waals surface area contributed by atoms with Gasteiger partial charge < -0.3 is 14.8 Å². The molecule has 0 radical (unpaired) electrons. The Labute approximate surface area is 190 Å². The van der Waals surface area contributed by atoms with Crippen LogP contribution in [0, 0.1) is 0 Å². The first-order valence-corrected chi connectivity index (χ1v) is 11.3. The average molecular weight is 455 g/mol. The predicted molar refractivity (Wildman–Crippen MR) is 122 cm³/mol. The Kier molecular flexibility index (Phi) is 7.23. The Morgan fingerprint density at radius 2 is 1.88 bits per heavy atom. The molecular formula is C22H26N6O3S. The highest BCUT2D eigenvalue weighted by molar-refractivity contribution is 7.19. The van der Waals surface area contributed by atoms with Crippen LogP contribution in [0.15, 0.2) is 42.6 Å². The van der Waals surface area contributed by atoms with Gasteiger partial charge in [-0.1, -0.05) is 23.5 Å². The fourth-order valence-corrected chi connectivity index (χ4v) is 4.67. The van der Waals surface area contributed by atoms with E-state index < -0.39 is 6.10 Å². The van der Waals surface area contributed by atoms with Crippen molar-refractivity contribution >= 4 is 27.5 Å². The Bertz CT molecular complexity index is 1020. The van der Waals surface area contributed by atoms with Crippen molar-refractivity contribution in [3.8, 4) is 5.75 Å². The SMILES string of the molecule is COc1cccc([C@@H](OC)C(=O)Nc2nnc(N[C@H]3CC[C@@H](c4cccnn4)CC3)s2)c1. The number of amides is 1. The second kappa shape index (κ2) is 10.5. The molecule has 1 fully saturated rings. The summed E-state index contributed by atoms with van der Waals surface area (Å²) in [6, 6.07) is 11.5.